The first-order valence-corrected chi connectivity index (χ1v) is 8.69. The van der Waals surface area contributed by atoms with E-state index in [0.29, 0.717) is 10.5 Å². The summed E-state index contributed by atoms with van der Waals surface area (Å²) in [7, 11) is -1.38. The van der Waals surface area contributed by atoms with Crippen molar-refractivity contribution in [3.63, 3.8) is 0 Å². The van der Waals surface area contributed by atoms with Crippen molar-refractivity contribution >= 4 is 32.5 Å². The third-order valence-electron chi connectivity index (χ3n) is 3.54. The summed E-state index contributed by atoms with van der Waals surface area (Å²) >= 11 is 3.39. The molecule has 0 heterocycles. The molecule has 0 aliphatic rings. The minimum Gasteiger partial charge on any atom is -0.293 e. The van der Waals surface area contributed by atoms with E-state index in [1.165, 1.54) is 0 Å². The second-order valence-corrected chi connectivity index (χ2v) is 7.63. The molecule has 2 unspecified atom stereocenters. The summed E-state index contributed by atoms with van der Waals surface area (Å²) in [6, 6.07) is 12.9. The quantitative estimate of drug-likeness (QED) is 0.751. The number of ketones is 1. The number of halogens is 1. The van der Waals surface area contributed by atoms with Crippen LogP contribution in [0.15, 0.2) is 51.8 Å². The monoisotopic (exact) mass is 364 g/mol. The SMILES string of the molecule is Cc1ccc(C(=O)C(C)S(=O)c2ccccc2Br)cc1C. The van der Waals surface area contributed by atoms with Gasteiger partial charge >= 0.3 is 0 Å². The molecule has 0 aromatic heterocycles. The van der Waals surface area contributed by atoms with Crippen LogP contribution in [-0.2, 0) is 10.8 Å². The van der Waals surface area contributed by atoms with Crippen LogP contribution in [-0.4, -0.2) is 15.2 Å². The summed E-state index contributed by atoms with van der Waals surface area (Å²) < 4.78 is 13.4. The average Bonchev–Trinajstić information content (AvgIpc) is 2.48. The van der Waals surface area contributed by atoms with Gasteiger partial charge in [-0.05, 0) is 66.0 Å². The summed E-state index contributed by atoms with van der Waals surface area (Å²) in [4.78, 5) is 13.2. The molecule has 0 N–H and O–H groups in total. The lowest BCUT2D eigenvalue weighted by atomic mass is 10.0. The zero-order valence-corrected chi connectivity index (χ0v) is 14.6. The van der Waals surface area contributed by atoms with Gasteiger partial charge in [-0.1, -0.05) is 24.3 Å². The third-order valence-corrected chi connectivity index (χ3v) is 6.13. The minimum atomic E-state index is -1.38. The van der Waals surface area contributed by atoms with E-state index in [-0.39, 0.29) is 5.78 Å². The van der Waals surface area contributed by atoms with E-state index < -0.39 is 16.0 Å². The summed E-state index contributed by atoms with van der Waals surface area (Å²) in [5.41, 5.74) is 2.83. The van der Waals surface area contributed by atoms with Gasteiger partial charge in [-0.3, -0.25) is 9.00 Å². The summed E-state index contributed by atoms with van der Waals surface area (Å²) in [5.74, 6) is -0.0906. The first kappa shape index (κ1) is 16.1. The smallest absolute Gasteiger partial charge is 0.178 e. The van der Waals surface area contributed by atoms with E-state index in [1.807, 2.05) is 44.2 Å². The molecule has 2 atom stereocenters. The molecule has 0 radical (unpaired) electrons. The molecule has 0 amide bonds. The van der Waals surface area contributed by atoms with Crippen LogP contribution in [0, 0.1) is 13.8 Å². The number of hydrogen-bond donors (Lipinski definition) is 0. The second-order valence-electron chi connectivity index (χ2n) is 5.03. The standard InChI is InChI=1S/C17H17BrO2S/c1-11-8-9-14(10-12(11)2)17(19)13(3)21(20)16-7-5-4-6-15(16)18/h4-10,13H,1-3H3. The lowest BCUT2D eigenvalue weighted by Gasteiger charge is -2.13. The molecule has 0 aliphatic carbocycles. The Balaban J connectivity index is 2.29. The number of carbonyl (C=O) groups excluding carboxylic acids is 1. The van der Waals surface area contributed by atoms with Gasteiger partial charge < -0.3 is 0 Å². The number of rotatable bonds is 4. The van der Waals surface area contributed by atoms with Crippen molar-refractivity contribution in [1.29, 1.82) is 0 Å². The minimum absolute atomic E-state index is 0.0906. The fraction of sp³-hybridized carbons (Fsp3) is 0.235. The molecule has 4 heteroatoms. The van der Waals surface area contributed by atoms with Crippen LogP contribution in [0.4, 0.5) is 0 Å². The predicted molar refractivity (Wildman–Crippen MR) is 90.3 cm³/mol. The van der Waals surface area contributed by atoms with Gasteiger partial charge in [-0.2, -0.15) is 0 Å². The van der Waals surface area contributed by atoms with E-state index in [9.17, 15) is 9.00 Å². The van der Waals surface area contributed by atoms with E-state index >= 15 is 0 Å². The normalized spacial score (nSPS) is 13.7. The number of hydrogen-bond acceptors (Lipinski definition) is 2. The maximum Gasteiger partial charge on any atom is 0.178 e. The van der Waals surface area contributed by atoms with Crippen LogP contribution in [0.25, 0.3) is 0 Å². The Morgan fingerprint density at radius 2 is 1.76 bits per heavy atom. The zero-order valence-electron chi connectivity index (χ0n) is 12.2. The molecule has 0 aliphatic heterocycles. The Morgan fingerprint density at radius 1 is 1.10 bits per heavy atom. The molecule has 2 rings (SSSR count). The van der Waals surface area contributed by atoms with E-state index in [4.69, 9.17) is 0 Å². The summed E-state index contributed by atoms with van der Waals surface area (Å²) in [6.45, 7) is 5.70. The molecule has 0 fully saturated rings. The zero-order chi connectivity index (χ0) is 15.6. The Labute approximate surface area is 136 Å². The Hall–Kier alpha value is -1.26. The van der Waals surface area contributed by atoms with Crippen molar-refractivity contribution in [2.45, 2.75) is 30.9 Å². The Morgan fingerprint density at radius 3 is 2.38 bits per heavy atom. The molecule has 110 valence electrons. The molecular formula is C17H17BrO2S. The molecule has 2 aromatic carbocycles. The van der Waals surface area contributed by atoms with Crippen molar-refractivity contribution in [2.75, 3.05) is 0 Å². The molecule has 0 bridgehead atoms. The maximum absolute atomic E-state index is 12.6. The number of Topliss-reactive ketones (excluding diaryl/α,β-unsaturated/α-hetero) is 1. The van der Waals surface area contributed by atoms with Gasteiger partial charge in [-0.25, -0.2) is 0 Å². The third kappa shape index (κ3) is 3.50. The van der Waals surface area contributed by atoms with Crippen LogP contribution < -0.4 is 0 Å². The fourth-order valence-electron chi connectivity index (χ4n) is 2.02. The van der Waals surface area contributed by atoms with Crippen molar-refractivity contribution in [2.24, 2.45) is 0 Å². The molecule has 2 aromatic rings. The first-order chi connectivity index (χ1) is 9.91. The number of benzene rings is 2. The number of carbonyl (C=O) groups is 1. The highest BCUT2D eigenvalue weighted by molar-refractivity contribution is 9.10. The summed E-state index contributed by atoms with van der Waals surface area (Å²) in [6.07, 6.45) is 0. The molecular weight excluding hydrogens is 348 g/mol. The van der Waals surface area contributed by atoms with Crippen LogP contribution >= 0.6 is 15.9 Å². The van der Waals surface area contributed by atoms with Crippen molar-refractivity contribution < 1.29 is 9.00 Å². The summed E-state index contributed by atoms with van der Waals surface area (Å²) in [5, 5.41) is -0.578. The topological polar surface area (TPSA) is 34.1 Å². The predicted octanol–water partition coefficient (Wildman–Crippen LogP) is 4.44. The van der Waals surface area contributed by atoms with Gasteiger partial charge in [0.25, 0.3) is 0 Å². The second kappa shape index (κ2) is 6.67. The van der Waals surface area contributed by atoms with Gasteiger partial charge in [-0.15, -0.1) is 0 Å². The molecule has 2 nitrogen and oxygen atoms in total. The highest BCUT2D eigenvalue weighted by Gasteiger charge is 2.24. The van der Waals surface area contributed by atoms with Crippen LogP contribution in [0.3, 0.4) is 0 Å². The van der Waals surface area contributed by atoms with Gasteiger partial charge in [0, 0.05) is 10.0 Å². The van der Waals surface area contributed by atoms with E-state index in [0.717, 1.165) is 15.6 Å². The highest BCUT2D eigenvalue weighted by atomic mass is 79.9. The van der Waals surface area contributed by atoms with Gasteiger partial charge in [0.15, 0.2) is 5.78 Å². The first-order valence-electron chi connectivity index (χ1n) is 6.68. The molecule has 0 saturated carbocycles. The van der Waals surface area contributed by atoms with E-state index in [1.54, 1.807) is 19.1 Å². The van der Waals surface area contributed by atoms with Crippen molar-refractivity contribution in [1.82, 2.24) is 0 Å². The highest BCUT2D eigenvalue weighted by Crippen LogP contribution is 2.24. The van der Waals surface area contributed by atoms with Crippen LogP contribution in [0.1, 0.15) is 28.4 Å². The van der Waals surface area contributed by atoms with Gasteiger partial charge in [0.2, 0.25) is 0 Å². The Bertz CT molecular complexity index is 710. The van der Waals surface area contributed by atoms with E-state index in [2.05, 4.69) is 15.9 Å². The molecule has 21 heavy (non-hydrogen) atoms. The lowest BCUT2D eigenvalue weighted by Crippen LogP contribution is -2.23. The molecule has 0 spiro atoms. The van der Waals surface area contributed by atoms with Crippen molar-refractivity contribution in [3.05, 3.63) is 63.6 Å². The maximum atomic E-state index is 12.6. The lowest BCUT2D eigenvalue weighted by molar-refractivity contribution is 0.0992. The number of aryl methyl sites for hydroxylation is 2. The van der Waals surface area contributed by atoms with Crippen molar-refractivity contribution in [3.8, 4) is 0 Å². The van der Waals surface area contributed by atoms with Crippen LogP contribution in [0.2, 0.25) is 0 Å². The average molecular weight is 365 g/mol. The van der Waals surface area contributed by atoms with Crippen LogP contribution in [0.5, 0.6) is 0 Å². The largest absolute Gasteiger partial charge is 0.293 e. The Kier molecular flexibility index (Phi) is 5.12. The van der Waals surface area contributed by atoms with Gasteiger partial charge in [0.05, 0.1) is 20.9 Å². The fourth-order valence-corrected chi connectivity index (χ4v) is 3.97. The van der Waals surface area contributed by atoms with Gasteiger partial charge in [0.1, 0.15) is 0 Å². The molecule has 0 saturated heterocycles.